The van der Waals surface area contributed by atoms with Gasteiger partial charge in [-0.3, -0.25) is 13.5 Å². The standard InChI is InChI=1S/C16H13N3O2S/c20-15(18-17-10-12-6-2-1-3-7-12)11-19-16(21)13-8-4-5-9-14(13)22-19/h1-10H,11H2,(H,18,20)/b17-10+. The average molecular weight is 311 g/mol. The van der Waals surface area contributed by atoms with E-state index in [9.17, 15) is 9.59 Å². The topological polar surface area (TPSA) is 63.5 Å². The van der Waals surface area contributed by atoms with E-state index in [0.717, 1.165) is 10.3 Å². The summed E-state index contributed by atoms with van der Waals surface area (Å²) in [6, 6.07) is 16.7. The monoisotopic (exact) mass is 311 g/mol. The van der Waals surface area contributed by atoms with Gasteiger partial charge in [0.25, 0.3) is 11.5 Å². The van der Waals surface area contributed by atoms with Gasteiger partial charge in [0, 0.05) is 0 Å². The zero-order valence-electron chi connectivity index (χ0n) is 11.6. The minimum absolute atomic E-state index is 0.0374. The zero-order valence-corrected chi connectivity index (χ0v) is 12.4. The van der Waals surface area contributed by atoms with Crippen LogP contribution >= 0.6 is 11.5 Å². The van der Waals surface area contributed by atoms with Gasteiger partial charge in [-0.15, -0.1) is 0 Å². The molecule has 0 spiro atoms. The van der Waals surface area contributed by atoms with Crippen molar-refractivity contribution in [3.8, 4) is 0 Å². The number of fused-ring (bicyclic) bond motifs is 1. The van der Waals surface area contributed by atoms with Crippen molar-refractivity contribution in [2.24, 2.45) is 5.10 Å². The van der Waals surface area contributed by atoms with Gasteiger partial charge >= 0.3 is 0 Å². The number of nitrogens with zero attached hydrogens (tertiary/aromatic N) is 2. The maximum absolute atomic E-state index is 12.1. The zero-order chi connectivity index (χ0) is 15.4. The number of carbonyl (C=O) groups excluding carboxylic acids is 1. The molecule has 0 bridgehead atoms. The van der Waals surface area contributed by atoms with E-state index < -0.39 is 0 Å². The van der Waals surface area contributed by atoms with Crippen molar-refractivity contribution in [1.82, 2.24) is 9.38 Å². The van der Waals surface area contributed by atoms with E-state index in [1.54, 1.807) is 12.3 Å². The molecular weight excluding hydrogens is 298 g/mol. The fourth-order valence-electron chi connectivity index (χ4n) is 2.01. The summed E-state index contributed by atoms with van der Waals surface area (Å²) in [4.78, 5) is 24.0. The van der Waals surface area contributed by atoms with E-state index in [-0.39, 0.29) is 18.0 Å². The van der Waals surface area contributed by atoms with Crippen molar-refractivity contribution in [2.45, 2.75) is 6.54 Å². The number of carbonyl (C=O) groups is 1. The Labute approximate surface area is 130 Å². The lowest BCUT2D eigenvalue weighted by molar-refractivity contribution is -0.121. The first kappa shape index (κ1) is 14.2. The smallest absolute Gasteiger partial charge is 0.269 e. The van der Waals surface area contributed by atoms with Crippen molar-refractivity contribution in [3.63, 3.8) is 0 Å². The summed E-state index contributed by atoms with van der Waals surface area (Å²) < 4.78 is 2.30. The third-order valence-electron chi connectivity index (χ3n) is 3.04. The molecule has 5 nitrogen and oxygen atoms in total. The van der Waals surface area contributed by atoms with Crippen molar-refractivity contribution in [1.29, 1.82) is 0 Å². The molecule has 0 aliphatic rings. The quantitative estimate of drug-likeness (QED) is 0.593. The molecule has 22 heavy (non-hydrogen) atoms. The maximum Gasteiger partial charge on any atom is 0.269 e. The predicted molar refractivity (Wildman–Crippen MR) is 88.3 cm³/mol. The van der Waals surface area contributed by atoms with Crippen LogP contribution in [-0.2, 0) is 11.3 Å². The summed E-state index contributed by atoms with van der Waals surface area (Å²) >= 11 is 1.27. The molecule has 1 N–H and O–H groups in total. The molecule has 0 saturated carbocycles. The van der Waals surface area contributed by atoms with Gasteiger partial charge in [0.05, 0.1) is 16.3 Å². The lowest BCUT2D eigenvalue weighted by Gasteiger charge is -1.99. The second-order valence-electron chi connectivity index (χ2n) is 4.63. The number of hydrogen-bond acceptors (Lipinski definition) is 4. The van der Waals surface area contributed by atoms with E-state index in [1.807, 2.05) is 48.5 Å². The Bertz CT molecular complexity index is 881. The lowest BCUT2D eigenvalue weighted by atomic mass is 10.2. The van der Waals surface area contributed by atoms with Gasteiger partial charge in [-0.2, -0.15) is 5.10 Å². The lowest BCUT2D eigenvalue weighted by Crippen LogP contribution is -2.26. The van der Waals surface area contributed by atoms with Crippen LogP contribution in [0.15, 0.2) is 64.5 Å². The SMILES string of the molecule is O=C(Cn1sc2ccccc2c1=O)N/N=C/c1ccccc1. The summed E-state index contributed by atoms with van der Waals surface area (Å²) in [5.74, 6) is -0.333. The average Bonchev–Trinajstić information content (AvgIpc) is 2.85. The van der Waals surface area contributed by atoms with Crippen LogP contribution in [-0.4, -0.2) is 16.1 Å². The molecule has 0 atom stereocenters. The fraction of sp³-hybridized carbons (Fsp3) is 0.0625. The molecule has 3 rings (SSSR count). The molecule has 110 valence electrons. The van der Waals surface area contributed by atoms with Crippen LogP contribution in [0.5, 0.6) is 0 Å². The first-order chi connectivity index (χ1) is 10.7. The second-order valence-corrected chi connectivity index (χ2v) is 5.70. The van der Waals surface area contributed by atoms with Gasteiger partial charge in [-0.1, -0.05) is 54.0 Å². The highest BCUT2D eigenvalue weighted by molar-refractivity contribution is 7.13. The van der Waals surface area contributed by atoms with E-state index in [2.05, 4.69) is 10.5 Å². The normalized spacial score (nSPS) is 11.1. The number of benzene rings is 2. The molecule has 1 heterocycles. The fourth-order valence-corrected chi connectivity index (χ4v) is 3.00. The second kappa shape index (κ2) is 6.36. The third kappa shape index (κ3) is 3.12. The van der Waals surface area contributed by atoms with Gasteiger partial charge in [0.1, 0.15) is 6.54 Å². The minimum atomic E-state index is -0.333. The Morgan fingerprint density at radius 2 is 1.86 bits per heavy atom. The van der Waals surface area contributed by atoms with Crippen LogP contribution in [0.4, 0.5) is 0 Å². The third-order valence-corrected chi connectivity index (χ3v) is 4.11. The highest BCUT2D eigenvalue weighted by Gasteiger charge is 2.09. The Kier molecular flexibility index (Phi) is 4.11. The minimum Gasteiger partial charge on any atom is -0.271 e. The van der Waals surface area contributed by atoms with Gasteiger partial charge in [0.2, 0.25) is 0 Å². The summed E-state index contributed by atoms with van der Waals surface area (Å²) in [5, 5.41) is 4.52. The summed E-state index contributed by atoms with van der Waals surface area (Å²) in [6.07, 6.45) is 1.56. The summed E-state index contributed by atoms with van der Waals surface area (Å²) in [6.45, 7) is -0.0374. The largest absolute Gasteiger partial charge is 0.271 e. The number of rotatable bonds is 4. The van der Waals surface area contributed by atoms with Crippen molar-refractivity contribution in [2.75, 3.05) is 0 Å². The summed E-state index contributed by atoms with van der Waals surface area (Å²) in [5.41, 5.74) is 3.17. The maximum atomic E-state index is 12.1. The molecule has 0 radical (unpaired) electrons. The number of aromatic nitrogens is 1. The Balaban J connectivity index is 1.67. The number of hydrazone groups is 1. The molecule has 3 aromatic rings. The molecule has 1 aromatic heterocycles. The molecule has 1 amide bonds. The molecular formula is C16H13N3O2S. The molecule has 0 saturated heterocycles. The first-order valence-corrected chi connectivity index (χ1v) is 7.47. The summed E-state index contributed by atoms with van der Waals surface area (Å²) in [7, 11) is 0. The van der Waals surface area contributed by atoms with Gasteiger partial charge in [-0.25, -0.2) is 5.43 Å². The van der Waals surface area contributed by atoms with E-state index in [4.69, 9.17) is 0 Å². The van der Waals surface area contributed by atoms with Crippen molar-refractivity contribution < 1.29 is 4.79 Å². The van der Waals surface area contributed by atoms with E-state index >= 15 is 0 Å². The number of nitrogens with one attached hydrogen (secondary N) is 1. The van der Waals surface area contributed by atoms with Crippen molar-refractivity contribution >= 4 is 33.7 Å². The molecule has 0 unspecified atom stereocenters. The van der Waals surface area contributed by atoms with Crippen molar-refractivity contribution in [3.05, 3.63) is 70.5 Å². The molecule has 6 heteroatoms. The van der Waals surface area contributed by atoms with Crippen LogP contribution in [0.25, 0.3) is 10.1 Å². The van der Waals surface area contributed by atoms with Gasteiger partial charge < -0.3 is 0 Å². The van der Waals surface area contributed by atoms with Gasteiger partial charge in [0.15, 0.2) is 0 Å². The number of hydrogen-bond donors (Lipinski definition) is 1. The van der Waals surface area contributed by atoms with Crippen LogP contribution < -0.4 is 11.0 Å². The van der Waals surface area contributed by atoms with Crippen LogP contribution in [0.1, 0.15) is 5.56 Å². The molecule has 0 fully saturated rings. The molecule has 2 aromatic carbocycles. The first-order valence-electron chi connectivity index (χ1n) is 6.70. The van der Waals surface area contributed by atoms with Gasteiger partial charge in [-0.05, 0) is 17.7 Å². The van der Waals surface area contributed by atoms with Crippen LogP contribution in [0.2, 0.25) is 0 Å². The Hall–Kier alpha value is -2.73. The predicted octanol–water partition coefficient (Wildman–Crippen LogP) is 2.21. The van der Waals surface area contributed by atoms with E-state index in [1.165, 1.54) is 15.5 Å². The highest BCUT2D eigenvalue weighted by Crippen LogP contribution is 2.15. The number of amides is 1. The van der Waals surface area contributed by atoms with E-state index in [0.29, 0.717) is 5.39 Å². The highest BCUT2D eigenvalue weighted by atomic mass is 32.1. The Morgan fingerprint density at radius 1 is 1.14 bits per heavy atom. The molecule has 0 aliphatic heterocycles. The van der Waals surface area contributed by atoms with Crippen LogP contribution in [0, 0.1) is 0 Å². The van der Waals surface area contributed by atoms with Crippen LogP contribution in [0.3, 0.4) is 0 Å². The Morgan fingerprint density at radius 3 is 2.64 bits per heavy atom. The molecule has 0 aliphatic carbocycles.